The number of nitrogens with zero attached hydrogens (tertiary/aromatic N) is 3. The molecule has 0 spiro atoms. The Bertz CT molecular complexity index is 170. The van der Waals surface area contributed by atoms with E-state index < -0.39 is 0 Å². The third-order valence-electron chi connectivity index (χ3n) is 0.716. The van der Waals surface area contributed by atoms with Crippen molar-refractivity contribution in [3.05, 3.63) is 12.7 Å². The van der Waals surface area contributed by atoms with Crippen molar-refractivity contribution in [1.29, 1.82) is 0 Å². The molecule has 5 nitrogen and oxygen atoms in total. The van der Waals surface area contributed by atoms with Gasteiger partial charge in [0.15, 0.2) is 0 Å². The van der Waals surface area contributed by atoms with Gasteiger partial charge in [0.05, 0.1) is 0 Å². The first-order valence-corrected chi connectivity index (χ1v) is 2.27. The van der Waals surface area contributed by atoms with Crippen molar-refractivity contribution in [3.63, 3.8) is 0 Å². The maximum atomic E-state index is 5.18. The molecule has 1 rings (SSSR count). The van der Waals surface area contributed by atoms with E-state index in [1.807, 2.05) is 0 Å². The number of hydrogen-bond donors (Lipinski definition) is 2. The standard InChI is InChI=1S/C4H6N5/c1-2-7-3(5)9-4(6)8-2/h1H2,(H4,5,6,7,8,9). The predicted molar refractivity (Wildman–Crippen MR) is 33.1 cm³/mol. The van der Waals surface area contributed by atoms with E-state index in [2.05, 4.69) is 21.9 Å². The van der Waals surface area contributed by atoms with Gasteiger partial charge in [-0.05, 0) is 0 Å². The third-order valence-corrected chi connectivity index (χ3v) is 0.716. The van der Waals surface area contributed by atoms with Crippen LogP contribution >= 0.6 is 0 Å². The Morgan fingerprint density at radius 2 is 1.44 bits per heavy atom. The molecular weight excluding hydrogens is 118 g/mol. The average Bonchev–Trinajstić information content (AvgIpc) is 1.59. The highest BCUT2D eigenvalue weighted by molar-refractivity contribution is 5.26. The predicted octanol–water partition coefficient (Wildman–Crippen LogP) is -0.782. The lowest BCUT2D eigenvalue weighted by Crippen LogP contribution is -2.03. The van der Waals surface area contributed by atoms with E-state index in [1.165, 1.54) is 0 Å². The van der Waals surface area contributed by atoms with Crippen LogP contribution in [0.15, 0.2) is 0 Å². The Morgan fingerprint density at radius 1 is 1.00 bits per heavy atom. The molecule has 0 aliphatic rings. The van der Waals surface area contributed by atoms with E-state index in [-0.39, 0.29) is 11.9 Å². The van der Waals surface area contributed by atoms with Crippen LogP contribution in [-0.2, 0) is 0 Å². The van der Waals surface area contributed by atoms with Gasteiger partial charge in [0.1, 0.15) is 5.82 Å². The molecule has 0 saturated heterocycles. The monoisotopic (exact) mass is 124 g/mol. The number of rotatable bonds is 0. The van der Waals surface area contributed by atoms with E-state index in [9.17, 15) is 0 Å². The van der Waals surface area contributed by atoms with E-state index in [4.69, 9.17) is 11.5 Å². The summed E-state index contributed by atoms with van der Waals surface area (Å²) in [4.78, 5) is 10.7. The van der Waals surface area contributed by atoms with Crippen molar-refractivity contribution in [1.82, 2.24) is 15.0 Å². The van der Waals surface area contributed by atoms with Crippen LogP contribution in [0.4, 0.5) is 11.9 Å². The summed E-state index contributed by atoms with van der Waals surface area (Å²) in [7, 11) is 0. The number of hydrogen-bond acceptors (Lipinski definition) is 5. The van der Waals surface area contributed by atoms with Gasteiger partial charge in [0.25, 0.3) is 0 Å². The van der Waals surface area contributed by atoms with Gasteiger partial charge in [-0.1, -0.05) is 0 Å². The van der Waals surface area contributed by atoms with Crippen molar-refractivity contribution < 1.29 is 0 Å². The average molecular weight is 124 g/mol. The summed E-state index contributed by atoms with van der Waals surface area (Å²) >= 11 is 0. The molecule has 5 heteroatoms. The minimum absolute atomic E-state index is 0.104. The van der Waals surface area contributed by atoms with Crippen LogP contribution < -0.4 is 11.5 Å². The van der Waals surface area contributed by atoms with Gasteiger partial charge in [-0.15, -0.1) is 0 Å². The lowest BCUT2D eigenvalue weighted by molar-refractivity contribution is 1.04. The van der Waals surface area contributed by atoms with E-state index in [1.54, 1.807) is 0 Å². The molecule has 0 aliphatic heterocycles. The zero-order chi connectivity index (χ0) is 6.85. The lowest BCUT2D eigenvalue weighted by atomic mass is 10.7. The molecule has 0 amide bonds. The summed E-state index contributed by atoms with van der Waals surface area (Å²) in [6.07, 6.45) is 0. The summed E-state index contributed by atoms with van der Waals surface area (Å²) in [6, 6.07) is 0. The SMILES string of the molecule is [CH2]c1nc(N)nc(N)n1. The van der Waals surface area contributed by atoms with Crippen LogP contribution in [0, 0.1) is 6.92 Å². The van der Waals surface area contributed by atoms with Crippen LogP contribution in [0.3, 0.4) is 0 Å². The summed E-state index contributed by atoms with van der Waals surface area (Å²) in [5.74, 6) is 0.500. The topological polar surface area (TPSA) is 90.7 Å². The molecule has 0 aliphatic carbocycles. The number of nitrogen functional groups attached to an aromatic ring is 2. The summed E-state index contributed by atoms with van der Waals surface area (Å²) < 4.78 is 0. The summed E-state index contributed by atoms with van der Waals surface area (Å²) in [5, 5.41) is 0. The molecule has 1 aromatic rings. The first-order valence-electron chi connectivity index (χ1n) is 2.27. The van der Waals surface area contributed by atoms with Crippen LogP contribution in [0.5, 0.6) is 0 Å². The highest BCUT2D eigenvalue weighted by Gasteiger charge is 1.93. The van der Waals surface area contributed by atoms with Crippen molar-refractivity contribution in [3.8, 4) is 0 Å². The van der Waals surface area contributed by atoms with Crippen LogP contribution in [0.2, 0.25) is 0 Å². The van der Waals surface area contributed by atoms with Crippen molar-refractivity contribution in [2.24, 2.45) is 0 Å². The van der Waals surface area contributed by atoms with Gasteiger partial charge in [0, 0.05) is 6.92 Å². The molecule has 0 atom stereocenters. The highest BCUT2D eigenvalue weighted by Crippen LogP contribution is 1.94. The Balaban J connectivity index is 3.17. The van der Waals surface area contributed by atoms with Gasteiger partial charge in [-0.3, -0.25) is 0 Å². The number of nitrogens with two attached hydrogens (primary N) is 2. The molecule has 0 unspecified atom stereocenters. The first-order chi connectivity index (χ1) is 4.18. The molecule has 1 heterocycles. The maximum Gasteiger partial charge on any atom is 0.225 e. The fraction of sp³-hybridized carbons (Fsp3) is 0. The van der Waals surface area contributed by atoms with Gasteiger partial charge >= 0.3 is 0 Å². The molecule has 1 aromatic heterocycles. The number of anilines is 2. The zero-order valence-corrected chi connectivity index (χ0v) is 4.70. The van der Waals surface area contributed by atoms with Gasteiger partial charge in [-0.25, -0.2) is 0 Å². The second-order valence-corrected chi connectivity index (χ2v) is 1.47. The fourth-order valence-electron chi connectivity index (χ4n) is 0.457. The highest BCUT2D eigenvalue weighted by atomic mass is 15.1. The normalized spacial score (nSPS) is 9.44. The van der Waals surface area contributed by atoms with Crippen LogP contribution in [0.1, 0.15) is 5.82 Å². The van der Waals surface area contributed by atoms with Crippen molar-refractivity contribution >= 4 is 11.9 Å². The molecule has 4 N–H and O–H groups in total. The fourth-order valence-corrected chi connectivity index (χ4v) is 0.457. The Hall–Kier alpha value is -1.39. The second kappa shape index (κ2) is 1.85. The van der Waals surface area contributed by atoms with E-state index in [0.717, 1.165) is 0 Å². The van der Waals surface area contributed by atoms with Crippen LogP contribution in [-0.4, -0.2) is 15.0 Å². The third kappa shape index (κ3) is 1.25. The Kier molecular flexibility index (Phi) is 1.18. The van der Waals surface area contributed by atoms with Gasteiger partial charge < -0.3 is 11.5 Å². The molecule has 47 valence electrons. The number of aromatic nitrogens is 3. The summed E-state index contributed by atoms with van der Waals surface area (Å²) in [6.45, 7) is 3.42. The molecule has 0 fully saturated rings. The van der Waals surface area contributed by atoms with Gasteiger partial charge in [0.2, 0.25) is 11.9 Å². The molecule has 9 heavy (non-hydrogen) atoms. The minimum Gasteiger partial charge on any atom is -0.368 e. The maximum absolute atomic E-state index is 5.18. The Morgan fingerprint density at radius 3 is 1.78 bits per heavy atom. The summed E-state index contributed by atoms with van der Waals surface area (Å²) in [5.41, 5.74) is 10.4. The molecular formula is C4H6N5. The van der Waals surface area contributed by atoms with Gasteiger partial charge in [-0.2, -0.15) is 15.0 Å². The zero-order valence-electron chi connectivity index (χ0n) is 4.70. The first kappa shape index (κ1) is 5.74. The van der Waals surface area contributed by atoms with Crippen molar-refractivity contribution in [2.75, 3.05) is 11.5 Å². The second-order valence-electron chi connectivity index (χ2n) is 1.47. The molecule has 1 radical (unpaired) electrons. The Labute approximate surface area is 52.1 Å². The largest absolute Gasteiger partial charge is 0.368 e. The molecule has 0 bridgehead atoms. The minimum atomic E-state index is 0.104. The van der Waals surface area contributed by atoms with E-state index in [0.29, 0.717) is 5.82 Å². The van der Waals surface area contributed by atoms with Crippen molar-refractivity contribution in [2.45, 2.75) is 0 Å². The quantitative estimate of drug-likeness (QED) is 0.473. The smallest absolute Gasteiger partial charge is 0.225 e. The van der Waals surface area contributed by atoms with E-state index >= 15 is 0 Å². The lowest BCUT2D eigenvalue weighted by Gasteiger charge is -1.93. The molecule has 0 saturated carbocycles. The van der Waals surface area contributed by atoms with Crippen LogP contribution in [0.25, 0.3) is 0 Å². The molecule has 0 aromatic carbocycles.